The predicted octanol–water partition coefficient (Wildman–Crippen LogP) is 1.33. The van der Waals surface area contributed by atoms with Crippen LogP contribution in [0.4, 0.5) is 0 Å². The van der Waals surface area contributed by atoms with Gasteiger partial charge in [-0.2, -0.15) is 0 Å². The van der Waals surface area contributed by atoms with Gasteiger partial charge >= 0.3 is 0 Å². The number of nitrogens with zero attached hydrogens (tertiary/aromatic N) is 2. The summed E-state index contributed by atoms with van der Waals surface area (Å²) in [6, 6.07) is 1.82. The number of hydrogen-bond acceptors (Lipinski definition) is 5. The molecule has 25 heavy (non-hydrogen) atoms. The summed E-state index contributed by atoms with van der Waals surface area (Å²) < 4.78 is 0. The van der Waals surface area contributed by atoms with Crippen molar-refractivity contribution in [2.24, 2.45) is 0 Å². The molecule has 8 heteroatoms. The average molecular weight is 366 g/mol. The van der Waals surface area contributed by atoms with Crippen LogP contribution in [0.15, 0.2) is 16.0 Å². The molecular formula is C17H26N4O3S. The van der Waals surface area contributed by atoms with Crippen LogP contribution in [0.25, 0.3) is 0 Å². The number of rotatable bonds is 8. The molecule has 1 aliphatic carbocycles. The van der Waals surface area contributed by atoms with Crippen molar-refractivity contribution in [1.82, 2.24) is 20.2 Å². The zero-order chi connectivity index (χ0) is 18.6. The Morgan fingerprint density at radius 3 is 2.52 bits per heavy atom. The fourth-order valence-corrected chi connectivity index (χ4v) is 3.45. The lowest BCUT2D eigenvalue weighted by Crippen LogP contribution is -2.43. The fourth-order valence-electron chi connectivity index (χ4n) is 2.69. The third-order valence-electron chi connectivity index (χ3n) is 3.79. The van der Waals surface area contributed by atoms with Crippen molar-refractivity contribution in [3.63, 3.8) is 0 Å². The summed E-state index contributed by atoms with van der Waals surface area (Å²) in [6.07, 6.45) is 2.10. The Morgan fingerprint density at radius 1 is 1.32 bits per heavy atom. The van der Waals surface area contributed by atoms with E-state index in [2.05, 4.69) is 15.3 Å². The summed E-state index contributed by atoms with van der Waals surface area (Å²) in [5, 5.41) is 3.24. The Kier molecular flexibility index (Phi) is 6.64. The number of aromatic amines is 1. The number of H-pyrrole nitrogens is 1. The minimum atomic E-state index is -0.316. The molecule has 0 saturated heterocycles. The van der Waals surface area contributed by atoms with Crippen molar-refractivity contribution >= 4 is 23.6 Å². The zero-order valence-corrected chi connectivity index (χ0v) is 16.0. The predicted molar refractivity (Wildman–Crippen MR) is 97.6 cm³/mol. The second-order valence-corrected chi connectivity index (χ2v) is 7.80. The Balaban J connectivity index is 1.98. The topological polar surface area (TPSA) is 95.2 Å². The molecule has 0 spiro atoms. The number of amides is 2. The van der Waals surface area contributed by atoms with Gasteiger partial charge in [0.2, 0.25) is 11.8 Å². The fraction of sp³-hybridized carbons (Fsp3) is 0.647. The van der Waals surface area contributed by atoms with E-state index in [-0.39, 0.29) is 47.7 Å². The molecule has 138 valence electrons. The smallest absolute Gasteiger partial charge is 0.251 e. The van der Waals surface area contributed by atoms with Crippen molar-refractivity contribution in [1.29, 1.82) is 0 Å². The van der Waals surface area contributed by atoms with E-state index in [1.165, 1.54) is 17.8 Å². The highest BCUT2D eigenvalue weighted by atomic mass is 32.2. The number of hydrogen-bond donors (Lipinski definition) is 2. The first-order chi connectivity index (χ1) is 11.8. The minimum Gasteiger partial charge on any atom is -0.353 e. The molecule has 2 amide bonds. The maximum Gasteiger partial charge on any atom is 0.251 e. The highest BCUT2D eigenvalue weighted by Gasteiger charge is 2.24. The molecule has 7 nitrogen and oxygen atoms in total. The van der Waals surface area contributed by atoms with Gasteiger partial charge in [0, 0.05) is 24.2 Å². The monoisotopic (exact) mass is 366 g/mol. The lowest BCUT2D eigenvalue weighted by atomic mass is 10.2. The molecule has 1 fully saturated rings. The summed E-state index contributed by atoms with van der Waals surface area (Å²) >= 11 is 1.18. The molecule has 2 rings (SSSR count). The Labute approximate surface area is 152 Å². The molecule has 1 aromatic heterocycles. The highest BCUT2D eigenvalue weighted by molar-refractivity contribution is 7.99. The van der Waals surface area contributed by atoms with Crippen molar-refractivity contribution in [3.8, 4) is 0 Å². The first-order valence-corrected chi connectivity index (χ1v) is 9.58. The lowest BCUT2D eigenvalue weighted by Gasteiger charge is -2.30. The molecule has 0 aliphatic heterocycles. The molecule has 1 aliphatic rings. The van der Waals surface area contributed by atoms with Crippen molar-refractivity contribution in [2.75, 3.05) is 5.75 Å². The average Bonchev–Trinajstić information content (AvgIpc) is 3.27. The SMILES string of the molecule is CC(C)N(C(=O)CSc1nc(CC(=O)NC2CC2)cc(=O)[nH]1)C(C)C. The van der Waals surface area contributed by atoms with Crippen LogP contribution in [-0.2, 0) is 16.0 Å². The van der Waals surface area contributed by atoms with Crippen molar-refractivity contribution in [2.45, 2.75) is 70.2 Å². The maximum atomic E-state index is 12.4. The summed E-state index contributed by atoms with van der Waals surface area (Å²) in [4.78, 5) is 44.8. The molecule has 2 N–H and O–H groups in total. The number of nitrogens with one attached hydrogen (secondary N) is 2. The molecule has 0 atom stereocenters. The highest BCUT2D eigenvalue weighted by Crippen LogP contribution is 2.19. The summed E-state index contributed by atoms with van der Waals surface area (Å²) in [7, 11) is 0. The van der Waals surface area contributed by atoms with E-state index in [9.17, 15) is 14.4 Å². The van der Waals surface area contributed by atoms with Gasteiger partial charge in [0.05, 0.1) is 17.9 Å². The van der Waals surface area contributed by atoms with E-state index >= 15 is 0 Å². The van der Waals surface area contributed by atoms with Gasteiger partial charge in [0.15, 0.2) is 5.16 Å². The van der Waals surface area contributed by atoms with E-state index < -0.39 is 0 Å². The molecule has 0 aromatic carbocycles. The quantitative estimate of drug-likeness (QED) is 0.535. The molecule has 1 aromatic rings. The van der Waals surface area contributed by atoms with E-state index in [1.807, 2.05) is 27.7 Å². The van der Waals surface area contributed by atoms with Gasteiger partial charge in [-0.05, 0) is 40.5 Å². The first kappa shape index (κ1) is 19.5. The van der Waals surface area contributed by atoms with Crippen LogP contribution >= 0.6 is 11.8 Å². The number of carbonyl (C=O) groups excluding carboxylic acids is 2. The Bertz CT molecular complexity index is 675. The standard InChI is InChI=1S/C17H26N4O3S/c1-10(2)21(11(3)4)16(24)9-25-17-19-13(8-15(23)20-17)7-14(22)18-12-5-6-12/h8,10-12H,5-7,9H2,1-4H3,(H,18,22)(H,19,20,23). The van der Waals surface area contributed by atoms with Gasteiger partial charge < -0.3 is 15.2 Å². The van der Waals surface area contributed by atoms with Crippen LogP contribution in [-0.4, -0.2) is 50.6 Å². The van der Waals surface area contributed by atoms with Crippen LogP contribution in [0, 0.1) is 0 Å². The molecular weight excluding hydrogens is 340 g/mol. The van der Waals surface area contributed by atoms with Gasteiger partial charge in [0.25, 0.3) is 5.56 Å². The van der Waals surface area contributed by atoms with Gasteiger partial charge in [-0.25, -0.2) is 4.98 Å². The molecule has 1 saturated carbocycles. The molecule has 1 heterocycles. The van der Waals surface area contributed by atoms with Gasteiger partial charge in [0.1, 0.15) is 0 Å². The first-order valence-electron chi connectivity index (χ1n) is 8.59. The molecule has 0 unspecified atom stereocenters. The van der Waals surface area contributed by atoms with Gasteiger partial charge in [-0.1, -0.05) is 11.8 Å². The third kappa shape index (κ3) is 6.19. The normalized spacial score (nSPS) is 14.0. The van der Waals surface area contributed by atoms with E-state index in [0.29, 0.717) is 10.9 Å². The summed E-state index contributed by atoms with van der Waals surface area (Å²) in [5.74, 6) is 0.0600. The van der Waals surface area contributed by atoms with Crippen LogP contribution in [0.1, 0.15) is 46.2 Å². The maximum absolute atomic E-state index is 12.4. The molecule has 0 radical (unpaired) electrons. The zero-order valence-electron chi connectivity index (χ0n) is 15.2. The number of carbonyl (C=O) groups is 2. The van der Waals surface area contributed by atoms with E-state index in [4.69, 9.17) is 0 Å². The van der Waals surface area contributed by atoms with Crippen LogP contribution in [0.3, 0.4) is 0 Å². The van der Waals surface area contributed by atoms with Crippen LogP contribution in [0.2, 0.25) is 0 Å². The van der Waals surface area contributed by atoms with E-state index in [0.717, 1.165) is 12.8 Å². The van der Waals surface area contributed by atoms with Gasteiger partial charge in [-0.15, -0.1) is 0 Å². The Morgan fingerprint density at radius 2 is 1.96 bits per heavy atom. The van der Waals surface area contributed by atoms with E-state index in [1.54, 1.807) is 4.90 Å². The second-order valence-electron chi connectivity index (χ2n) is 6.84. The minimum absolute atomic E-state index is 0.00507. The molecule has 0 bridgehead atoms. The van der Waals surface area contributed by atoms with Gasteiger partial charge in [-0.3, -0.25) is 14.4 Å². The van der Waals surface area contributed by atoms with Crippen molar-refractivity contribution in [3.05, 3.63) is 22.1 Å². The summed E-state index contributed by atoms with van der Waals surface area (Å²) in [5.41, 5.74) is 0.102. The van der Waals surface area contributed by atoms with Crippen LogP contribution < -0.4 is 10.9 Å². The largest absolute Gasteiger partial charge is 0.353 e. The lowest BCUT2D eigenvalue weighted by molar-refractivity contribution is -0.131. The second kappa shape index (κ2) is 8.51. The van der Waals surface area contributed by atoms with Crippen molar-refractivity contribution < 1.29 is 9.59 Å². The summed E-state index contributed by atoms with van der Waals surface area (Å²) in [6.45, 7) is 7.90. The third-order valence-corrected chi connectivity index (χ3v) is 4.65. The van der Waals surface area contributed by atoms with Crippen LogP contribution in [0.5, 0.6) is 0 Å². The number of aromatic nitrogens is 2. The Hall–Kier alpha value is -1.83. The number of thioether (sulfide) groups is 1.